The van der Waals surface area contributed by atoms with Crippen LogP contribution >= 0.6 is 11.8 Å². The zero-order valence-electron chi connectivity index (χ0n) is 13.7. The third kappa shape index (κ3) is 4.52. The Hall–Kier alpha value is -1.93. The van der Waals surface area contributed by atoms with E-state index in [9.17, 15) is 4.79 Å². The summed E-state index contributed by atoms with van der Waals surface area (Å²) < 4.78 is 6.59. The second-order valence-electron chi connectivity index (χ2n) is 5.21. The highest BCUT2D eigenvalue weighted by Crippen LogP contribution is 2.24. The van der Waals surface area contributed by atoms with Crippen molar-refractivity contribution in [1.29, 1.82) is 0 Å². The van der Waals surface area contributed by atoms with Crippen molar-refractivity contribution in [3.8, 4) is 5.69 Å². The van der Waals surface area contributed by atoms with Gasteiger partial charge in [-0.15, -0.1) is 5.10 Å². The zero-order valence-corrected chi connectivity index (χ0v) is 14.6. The predicted molar refractivity (Wildman–Crippen MR) is 88.8 cm³/mol. The lowest BCUT2D eigenvalue weighted by atomic mass is 10.1. The quantitative estimate of drug-likeness (QED) is 0.610. The highest BCUT2D eigenvalue weighted by molar-refractivity contribution is 8.00. The molecular weight excluding hydrogens is 314 g/mol. The Morgan fingerprint density at radius 2 is 2.22 bits per heavy atom. The molecule has 1 aromatic heterocycles. The third-order valence-electron chi connectivity index (χ3n) is 3.29. The van der Waals surface area contributed by atoms with E-state index in [4.69, 9.17) is 4.74 Å². The van der Waals surface area contributed by atoms with Gasteiger partial charge in [0.15, 0.2) is 0 Å². The largest absolute Gasteiger partial charge is 0.383 e. The molecule has 0 bridgehead atoms. The SMILES string of the molecule is COCCNC(=O)[C@H](C)Sc1nnnn1-c1cc(C)ccc1C. The molecule has 124 valence electrons. The molecule has 1 aromatic carbocycles. The summed E-state index contributed by atoms with van der Waals surface area (Å²) in [6, 6.07) is 6.10. The van der Waals surface area contributed by atoms with Gasteiger partial charge >= 0.3 is 0 Å². The molecular formula is C15H21N5O2S. The first-order valence-electron chi connectivity index (χ1n) is 7.32. The third-order valence-corrected chi connectivity index (χ3v) is 4.32. The van der Waals surface area contributed by atoms with Crippen LogP contribution in [0.1, 0.15) is 18.1 Å². The van der Waals surface area contributed by atoms with Gasteiger partial charge in [0, 0.05) is 13.7 Å². The van der Waals surface area contributed by atoms with Gasteiger partial charge < -0.3 is 10.1 Å². The predicted octanol–water partition coefficient (Wildman–Crippen LogP) is 1.52. The van der Waals surface area contributed by atoms with Gasteiger partial charge in [0.1, 0.15) is 0 Å². The van der Waals surface area contributed by atoms with Crippen LogP contribution in [0.3, 0.4) is 0 Å². The van der Waals surface area contributed by atoms with Gasteiger partial charge in [-0.25, -0.2) is 0 Å². The molecule has 1 heterocycles. The lowest BCUT2D eigenvalue weighted by Crippen LogP contribution is -2.33. The van der Waals surface area contributed by atoms with Crippen molar-refractivity contribution in [3.63, 3.8) is 0 Å². The van der Waals surface area contributed by atoms with Crippen molar-refractivity contribution in [2.45, 2.75) is 31.2 Å². The number of nitrogens with one attached hydrogen (secondary N) is 1. The first-order chi connectivity index (χ1) is 11.0. The number of amides is 1. The van der Waals surface area contributed by atoms with E-state index in [-0.39, 0.29) is 11.2 Å². The first kappa shape index (κ1) is 17.4. The number of aryl methyl sites for hydroxylation is 2. The van der Waals surface area contributed by atoms with Crippen LogP contribution in [0, 0.1) is 13.8 Å². The maximum atomic E-state index is 12.0. The van der Waals surface area contributed by atoms with E-state index in [2.05, 4.69) is 20.8 Å². The number of ether oxygens (including phenoxy) is 1. The summed E-state index contributed by atoms with van der Waals surface area (Å²) in [6.07, 6.45) is 0. The van der Waals surface area contributed by atoms with Crippen LogP contribution in [-0.2, 0) is 9.53 Å². The van der Waals surface area contributed by atoms with E-state index in [0.717, 1.165) is 16.8 Å². The van der Waals surface area contributed by atoms with Crippen molar-refractivity contribution in [3.05, 3.63) is 29.3 Å². The highest BCUT2D eigenvalue weighted by atomic mass is 32.2. The Morgan fingerprint density at radius 3 is 2.96 bits per heavy atom. The molecule has 7 nitrogen and oxygen atoms in total. The number of tetrazole rings is 1. The summed E-state index contributed by atoms with van der Waals surface area (Å²) in [5.74, 6) is -0.0671. The molecule has 0 aliphatic heterocycles. The molecule has 0 aliphatic rings. The van der Waals surface area contributed by atoms with Crippen LogP contribution in [-0.4, -0.2) is 51.6 Å². The fraction of sp³-hybridized carbons (Fsp3) is 0.467. The number of hydrogen-bond acceptors (Lipinski definition) is 6. The van der Waals surface area contributed by atoms with Crippen molar-refractivity contribution >= 4 is 17.7 Å². The van der Waals surface area contributed by atoms with E-state index >= 15 is 0 Å². The Kier molecular flexibility index (Phi) is 6.12. The number of carbonyl (C=O) groups excluding carboxylic acids is 1. The van der Waals surface area contributed by atoms with Crippen molar-refractivity contribution < 1.29 is 9.53 Å². The van der Waals surface area contributed by atoms with E-state index in [1.807, 2.05) is 39.0 Å². The second-order valence-corrected chi connectivity index (χ2v) is 6.52. The highest BCUT2D eigenvalue weighted by Gasteiger charge is 2.19. The standard InChI is InChI=1S/C15H21N5O2S/c1-10-5-6-11(2)13(9-10)20-15(17-18-19-20)23-12(3)14(21)16-7-8-22-4/h5-6,9,12H,7-8H2,1-4H3,(H,16,21)/t12-/m0/s1. The normalized spacial score (nSPS) is 12.2. The zero-order chi connectivity index (χ0) is 16.8. The van der Waals surface area contributed by atoms with E-state index in [1.54, 1.807) is 11.8 Å². The van der Waals surface area contributed by atoms with Gasteiger partial charge in [0.05, 0.1) is 17.5 Å². The average Bonchev–Trinajstić information content (AvgIpc) is 2.97. The lowest BCUT2D eigenvalue weighted by Gasteiger charge is -2.12. The van der Waals surface area contributed by atoms with Gasteiger partial charge in [0.25, 0.3) is 0 Å². The van der Waals surface area contributed by atoms with E-state index < -0.39 is 0 Å². The molecule has 8 heteroatoms. The number of aromatic nitrogens is 4. The van der Waals surface area contributed by atoms with Crippen molar-refractivity contribution in [1.82, 2.24) is 25.5 Å². The maximum absolute atomic E-state index is 12.0. The van der Waals surface area contributed by atoms with Crippen LogP contribution in [0.15, 0.2) is 23.4 Å². The number of rotatable bonds is 7. The summed E-state index contributed by atoms with van der Waals surface area (Å²) >= 11 is 1.33. The van der Waals surface area contributed by atoms with E-state index in [0.29, 0.717) is 18.3 Å². The van der Waals surface area contributed by atoms with Crippen LogP contribution in [0.2, 0.25) is 0 Å². The van der Waals surface area contributed by atoms with Crippen LogP contribution < -0.4 is 5.32 Å². The lowest BCUT2D eigenvalue weighted by molar-refractivity contribution is -0.120. The topological polar surface area (TPSA) is 81.9 Å². The number of hydrogen-bond donors (Lipinski definition) is 1. The van der Waals surface area contributed by atoms with Gasteiger partial charge in [-0.3, -0.25) is 4.79 Å². The number of benzene rings is 1. The Labute approximate surface area is 139 Å². The Balaban J connectivity index is 2.12. The molecule has 0 unspecified atom stereocenters. The molecule has 0 radical (unpaired) electrons. The molecule has 0 fully saturated rings. The summed E-state index contributed by atoms with van der Waals surface area (Å²) in [5.41, 5.74) is 3.12. The van der Waals surface area contributed by atoms with Gasteiger partial charge in [-0.2, -0.15) is 4.68 Å². The molecule has 23 heavy (non-hydrogen) atoms. The summed E-state index contributed by atoms with van der Waals surface area (Å²) in [5, 5.41) is 14.9. The van der Waals surface area contributed by atoms with Crippen molar-refractivity contribution in [2.24, 2.45) is 0 Å². The number of thioether (sulfide) groups is 1. The Bertz CT molecular complexity index is 674. The van der Waals surface area contributed by atoms with E-state index in [1.165, 1.54) is 11.8 Å². The fourth-order valence-corrected chi connectivity index (χ4v) is 2.81. The van der Waals surface area contributed by atoms with Crippen LogP contribution in [0.5, 0.6) is 0 Å². The number of nitrogens with zero attached hydrogens (tertiary/aromatic N) is 4. The van der Waals surface area contributed by atoms with Crippen LogP contribution in [0.25, 0.3) is 5.69 Å². The van der Waals surface area contributed by atoms with Gasteiger partial charge in [-0.05, 0) is 48.4 Å². The maximum Gasteiger partial charge on any atom is 0.233 e. The Morgan fingerprint density at radius 1 is 1.43 bits per heavy atom. The molecule has 0 aliphatic carbocycles. The number of carbonyl (C=O) groups is 1. The molecule has 0 saturated heterocycles. The smallest absolute Gasteiger partial charge is 0.233 e. The van der Waals surface area contributed by atoms with Gasteiger partial charge in [-0.1, -0.05) is 23.9 Å². The minimum Gasteiger partial charge on any atom is -0.383 e. The average molecular weight is 335 g/mol. The molecule has 1 atom stereocenters. The first-order valence-corrected chi connectivity index (χ1v) is 8.20. The summed E-state index contributed by atoms with van der Waals surface area (Å²) in [7, 11) is 1.60. The molecule has 0 saturated carbocycles. The van der Waals surface area contributed by atoms with Crippen molar-refractivity contribution in [2.75, 3.05) is 20.3 Å². The second kappa shape index (κ2) is 8.07. The molecule has 2 rings (SSSR count). The molecule has 0 spiro atoms. The monoisotopic (exact) mass is 335 g/mol. The van der Waals surface area contributed by atoms with Crippen LogP contribution in [0.4, 0.5) is 0 Å². The van der Waals surface area contributed by atoms with Gasteiger partial charge in [0.2, 0.25) is 11.1 Å². The number of methoxy groups -OCH3 is 1. The molecule has 1 amide bonds. The summed E-state index contributed by atoms with van der Waals surface area (Å²) in [4.78, 5) is 12.0. The summed E-state index contributed by atoms with van der Waals surface area (Å²) in [6.45, 7) is 6.83. The fourth-order valence-electron chi connectivity index (χ4n) is 1.98. The minimum absolute atomic E-state index is 0.0671. The minimum atomic E-state index is -0.304. The molecule has 1 N–H and O–H groups in total. The molecule has 2 aromatic rings.